The number of halogens is 2. The van der Waals surface area contributed by atoms with Crippen molar-refractivity contribution in [3.8, 4) is 11.1 Å². The van der Waals surface area contributed by atoms with Gasteiger partial charge in [0.05, 0.1) is 10.6 Å². The second-order valence-corrected chi connectivity index (χ2v) is 6.23. The van der Waals surface area contributed by atoms with Gasteiger partial charge in [-0.1, -0.05) is 76.9 Å². The number of rotatable bonds is 4. The van der Waals surface area contributed by atoms with Gasteiger partial charge in [-0.05, 0) is 35.4 Å². The number of hydrogen-bond donors (Lipinski definition) is 1. The molecule has 0 radical (unpaired) electrons. The summed E-state index contributed by atoms with van der Waals surface area (Å²) in [6, 6.07) is 21.4. The highest BCUT2D eigenvalue weighted by molar-refractivity contribution is 6.36. The Kier molecular flexibility index (Phi) is 5.56. The van der Waals surface area contributed by atoms with Crippen molar-refractivity contribution in [3.05, 3.63) is 94.0 Å². The Hall–Kier alpha value is -2.82. The van der Waals surface area contributed by atoms with Gasteiger partial charge < -0.3 is 10.6 Å². The summed E-state index contributed by atoms with van der Waals surface area (Å²) in [6.45, 7) is 0. The Labute approximate surface area is 160 Å². The molecule has 26 heavy (non-hydrogen) atoms. The van der Waals surface area contributed by atoms with Crippen LogP contribution < -0.4 is 5.73 Å². The fraction of sp³-hybridized carbons (Fsp3) is 0. The fourth-order valence-corrected chi connectivity index (χ4v) is 2.92. The van der Waals surface area contributed by atoms with E-state index >= 15 is 0 Å². The highest BCUT2D eigenvalue weighted by atomic mass is 35.5. The van der Waals surface area contributed by atoms with Crippen LogP contribution in [0.3, 0.4) is 0 Å². The smallest absolute Gasteiger partial charge is 0.366 e. The van der Waals surface area contributed by atoms with E-state index in [1.807, 2.05) is 42.5 Å². The van der Waals surface area contributed by atoms with E-state index in [2.05, 4.69) is 5.16 Å². The monoisotopic (exact) mass is 384 g/mol. The van der Waals surface area contributed by atoms with Crippen LogP contribution in [0, 0.1) is 0 Å². The largest absolute Gasteiger partial charge is 0.380 e. The third-order valence-corrected chi connectivity index (χ3v) is 4.21. The van der Waals surface area contributed by atoms with Crippen LogP contribution in [0.5, 0.6) is 0 Å². The van der Waals surface area contributed by atoms with Crippen LogP contribution in [0.2, 0.25) is 10.0 Å². The SMILES string of the molecule is N/C(=N\OC(=O)c1ccccc1-c1ccccc1)c1ccc(Cl)cc1Cl. The number of nitrogens with two attached hydrogens (primary N) is 1. The lowest BCUT2D eigenvalue weighted by molar-refractivity contribution is 0.0517. The molecule has 130 valence electrons. The Balaban J connectivity index is 1.85. The summed E-state index contributed by atoms with van der Waals surface area (Å²) in [6.07, 6.45) is 0. The normalized spacial score (nSPS) is 11.2. The first-order chi connectivity index (χ1) is 12.6. The van der Waals surface area contributed by atoms with E-state index in [9.17, 15) is 4.79 Å². The van der Waals surface area contributed by atoms with E-state index < -0.39 is 5.97 Å². The molecule has 4 nitrogen and oxygen atoms in total. The molecule has 0 unspecified atom stereocenters. The van der Waals surface area contributed by atoms with Gasteiger partial charge in [0, 0.05) is 10.6 Å². The van der Waals surface area contributed by atoms with Gasteiger partial charge in [0.25, 0.3) is 0 Å². The summed E-state index contributed by atoms with van der Waals surface area (Å²) >= 11 is 11.9. The molecule has 0 aliphatic rings. The number of nitrogens with zero attached hydrogens (tertiary/aromatic N) is 1. The third-order valence-electron chi connectivity index (χ3n) is 3.67. The number of amidine groups is 1. The van der Waals surface area contributed by atoms with Crippen LogP contribution in [0.1, 0.15) is 15.9 Å². The average Bonchev–Trinajstić information content (AvgIpc) is 2.66. The van der Waals surface area contributed by atoms with Crippen molar-refractivity contribution >= 4 is 35.0 Å². The third kappa shape index (κ3) is 4.04. The summed E-state index contributed by atoms with van der Waals surface area (Å²) in [4.78, 5) is 17.5. The molecule has 0 amide bonds. The van der Waals surface area contributed by atoms with Crippen molar-refractivity contribution in [1.82, 2.24) is 0 Å². The molecule has 0 bridgehead atoms. The van der Waals surface area contributed by atoms with Crippen LogP contribution in [0.25, 0.3) is 11.1 Å². The van der Waals surface area contributed by atoms with E-state index in [0.29, 0.717) is 21.2 Å². The number of carbonyl (C=O) groups excluding carboxylic acids is 1. The molecule has 0 aromatic heterocycles. The van der Waals surface area contributed by atoms with Crippen LogP contribution in [-0.4, -0.2) is 11.8 Å². The minimum atomic E-state index is -0.613. The van der Waals surface area contributed by atoms with Gasteiger partial charge in [-0.3, -0.25) is 0 Å². The topological polar surface area (TPSA) is 64.7 Å². The summed E-state index contributed by atoms with van der Waals surface area (Å²) in [5.74, 6) is -0.630. The van der Waals surface area contributed by atoms with Gasteiger partial charge in [-0.2, -0.15) is 0 Å². The second kappa shape index (κ2) is 8.04. The minimum Gasteiger partial charge on any atom is -0.380 e. The number of benzene rings is 3. The van der Waals surface area contributed by atoms with Crippen molar-refractivity contribution in [2.75, 3.05) is 0 Å². The molecule has 0 heterocycles. The van der Waals surface area contributed by atoms with E-state index in [-0.39, 0.29) is 5.84 Å². The molecule has 0 saturated heterocycles. The van der Waals surface area contributed by atoms with Crippen LogP contribution >= 0.6 is 23.2 Å². The zero-order valence-corrected chi connectivity index (χ0v) is 15.0. The van der Waals surface area contributed by atoms with E-state index in [1.54, 1.807) is 24.3 Å². The van der Waals surface area contributed by atoms with Crippen LogP contribution in [-0.2, 0) is 4.84 Å². The summed E-state index contributed by atoms with van der Waals surface area (Å²) in [5.41, 5.74) is 8.33. The Morgan fingerprint density at radius 2 is 1.58 bits per heavy atom. The van der Waals surface area contributed by atoms with E-state index in [4.69, 9.17) is 33.8 Å². The lowest BCUT2D eigenvalue weighted by atomic mass is 10.00. The molecule has 0 atom stereocenters. The first kappa shape index (κ1) is 18.0. The standard InChI is InChI=1S/C20H14Cl2N2O2/c21-14-10-11-17(18(22)12-14)19(23)24-26-20(25)16-9-5-4-8-15(16)13-6-2-1-3-7-13/h1-12H,(H2,23,24). The van der Waals surface area contributed by atoms with Gasteiger partial charge in [-0.15, -0.1) is 0 Å². The minimum absolute atomic E-state index is 0.0165. The van der Waals surface area contributed by atoms with Crippen molar-refractivity contribution < 1.29 is 9.63 Å². The molecular weight excluding hydrogens is 371 g/mol. The summed E-state index contributed by atoms with van der Waals surface area (Å²) < 4.78 is 0. The van der Waals surface area contributed by atoms with Crippen LogP contribution in [0.15, 0.2) is 78.0 Å². The van der Waals surface area contributed by atoms with Crippen molar-refractivity contribution in [3.63, 3.8) is 0 Å². The van der Waals surface area contributed by atoms with E-state index in [1.165, 1.54) is 6.07 Å². The molecule has 3 aromatic rings. The highest BCUT2D eigenvalue weighted by Crippen LogP contribution is 2.24. The predicted molar refractivity (Wildman–Crippen MR) is 104 cm³/mol. The van der Waals surface area contributed by atoms with E-state index in [0.717, 1.165) is 11.1 Å². The molecule has 0 fully saturated rings. The number of carbonyl (C=O) groups is 1. The zero-order chi connectivity index (χ0) is 18.5. The van der Waals surface area contributed by atoms with Gasteiger partial charge in [0.2, 0.25) is 0 Å². The van der Waals surface area contributed by atoms with Crippen molar-refractivity contribution in [2.24, 2.45) is 10.9 Å². The molecule has 0 aliphatic carbocycles. The molecule has 3 aromatic carbocycles. The Morgan fingerprint density at radius 1 is 0.885 bits per heavy atom. The molecular formula is C20H14Cl2N2O2. The Morgan fingerprint density at radius 3 is 2.31 bits per heavy atom. The average molecular weight is 385 g/mol. The van der Waals surface area contributed by atoms with Gasteiger partial charge in [0.1, 0.15) is 0 Å². The van der Waals surface area contributed by atoms with Gasteiger partial charge >= 0.3 is 5.97 Å². The van der Waals surface area contributed by atoms with Gasteiger partial charge in [-0.25, -0.2) is 4.79 Å². The Bertz CT molecular complexity index is 973. The van der Waals surface area contributed by atoms with Crippen LogP contribution in [0.4, 0.5) is 0 Å². The number of hydrogen-bond acceptors (Lipinski definition) is 3. The first-order valence-electron chi connectivity index (χ1n) is 7.71. The second-order valence-electron chi connectivity index (χ2n) is 5.39. The highest BCUT2D eigenvalue weighted by Gasteiger charge is 2.15. The molecule has 2 N–H and O–H groups in total. The number of oxime groups is 1. The lowest BCUT2D eigenvalue weighted by Gasteiger charge is -2.08. The maximum Gasteiger partial charge on any atom is 0.366 e. The fourth-order valence-electron chi connectivity index (χ4n) is 2.42. The van der Waals surface area contributed by atoms with Gasteiger partial charge in [0.15, 0.2) is 5.84 Å². The van der Waals surface area contributed by atoms with Crippen molar-refractivity contribution in [1.29, 1.82) is 0 Å². The maximum absolute atomic E-state index is 12.5. The molecule has 0 saturated carbocycles. The summed E-state index contributed by atoms with van der Waals surface area (Å²) in [5, 5.41) is 4.50. The first-order valence-corrected chi connectivity index (χ1v) is 8.46. The quantitative estimate of drug-likeness (QED) is 0.293. The molecule has 6 heteroatoms. The summed E-state index contributed by atoms with van der Waals surface area (Å²) in [7, 11) is 0. The predicted octanol–water partition coefficient (Wildman–Crippen LogP) is 5.14. The van der Waals surface area contributed by atoms with Crippen molar-refractivity contribution in [2.45, 2.75) is 0 Å². The molecule has 3 rings (SSSR count). The molecule has 0 spiro atoms. The lowest BCUT2D eigenvalue weighted by Crippen LogP contribution is -2.16. The maximum atomic E-state index is 12.5. The zero-order valence-electron chi connectivity index (χ0n) is 13.5. The molecule has 0 aliphatic heterocycles.